The van der Waals surface area contributed by atoms with Crippen molar-refractivity contribution in [2.45, 2.75) is 52.4 Å². The lowest BCUT2D eigenvalue weighted by atomic mass is 9.78. The summed E-state index contributed by atoms with van der Waals surface area (Å²) in [6.45, 7) is 12.2. The first-order valence-electron chi connectivity index (χ1n) is 6.85. The van der Waals surface area contributed by atoms with E-state index in [4.69, 9.17) is 4.42 Å². The van der Waals surface area contributed by atoms with Gasteiger partial charge in [-0.2, -0.15) is 0 Å². The number of aromatic hydroxyl groups is 1. The smallest absolute Gasteiger partial charge is 0.414 e. The summed E-state index contributed by atoms with van der Waals surface area (Å²) < 4.78 is 9.16. The second kappa shape index (κ2) is 4.98. The minimum atomic E-state index is -0.423. The predicted molar refractivity (Wildman–Crippen MR) is 85.2 cm³/mol. The minimum Gasteiger partial charge on any atom is -0.507 e. The van der Waals surface area contributed by atoms with Crippen molar-refractivity contribution in [3.63, 3.8) is 0 Å². The fraction of sp³-hybridized carbons (Fsp3) is 0.500. The molecule has 1 heterocycles. The number of rotatable bonds is 1. The molecule has 0 amide bonds. The summed E-state index contributed by atoms with van der Waals surface area (Å²) >= 11 is 0.795. The van der Waals surface area contributed by atoms with Crippen LogP contribution < -0.4 is 4.94 Å². The molecular formula is C16H21NO3S. The fourth-order valence-electron chi connectivity index (χ4n) is 2.21. The highest BCUT2D eigenvalue weighted by molar-refractivity contribution is 7.02. The Morgan fingerprint density at radius 1 is 1.05 bits per heavy atom. The normalized spacial score (nSPS) is 12.7. The first kappa shape index (κ1) is 15.8. The average molecular weight is 307 g/mol. The van der Waals surface area contributed by atoms with Crippen LogP contribution in [0.1, 0.15) is 52.7 Å². The summed E-state index contributed by atoms with van der Waals surface area (Å²) in [7, 11) is 0. The number of phenolic OH excluding ortho intramolecular Hbond substituents is 1. The number of benzene rings is 1. The van der Waals surface area contributed by atoms with E-state index in [1.54, 1.807) is 0 Å². The second-order valence-corrected chi connectivity index (χ2v) is 7.96. The van der Waals surface area contributed by atoms with Gasteiger partial charge >= 0.3 is 4.94 Å². The van der Waals surface area contributed by atoms with E-state index in [2.05, 4.69) is 4.37 Å². The van der Waals surface area contributed by atoms with E-state index < -0.39 is 4.94 Å². The summed E-state index contributed by atoms with van der Waals surface area (Å²) in [5, 5.41) is 10.6. The summed E-state index contributed by atoms with van der Waals surface area (Å²) in [6, 6.07) is 3.70. The van der Waals surface area contributed by atoms with Crippen LogP contribution in [-0.4, -0.2) is 9.48 Å². The standard InChI is InChI=1S/C16H21NO3S/c1-15(2,3)10-7-9(13-17-21-14(19)20-13)8-11(12(10)18)16(4,5)6/h7-8,18H,1-6H3. The number of aromatic nitrogens is 1. The van der Waals surface area contributed by atoms with Gasteiger partial charge in [-0.1, -0.05) is 41.5 Å². The van der Waals surface area contributed by atoms with Crippen LogP contribution in [0.2, 0.25) is 0 Å². The zero-order chi connectivity index (χ0) is 16.0. The van der Waals surface area contributed by atoms with Crippen molar-refractivity contribution in [1.29, 1.82) is 0 Å². The quantitative estimate of drug-likeness (QED) is 0.862. The van der Waals surface area contributed by atoms with Crippen molar-refractivity contribution < 1.29 is 9.52 Å². The van der Waals surface area contributed by atoms with Crippen LogP contribution in [0.3, 0.4) is 0 Å². The number of hydrogen-bond acceptors (Lipinski definition) is 5. The highest BCUT2D eigenvalue weighted by Gasteiger charge is 2.27. The summed E-state index contributed by atoms with van der Waals surface area (Å²) in [5.74, 6) is 0.609. The largest absolute Gasteiger partial charge is 0.507 e. The van der Waals surface area contributed by atoms with E-state index in [-0.39, 0.29) is 10.8 Å². The number of phenols is 1. The van der Waals surface area contributed by atoms with Crippen LogP contribution in [-0.2, 0) is 10.8 Å². The van der Waals surface area contributed by atoms with Crippen LogP contribution >= 0.6 is 11.5 Å². The van der Waals surface area contributed by atoms with E-state index >= 15 is 0 Å². The van der Waals surface area contributed by atoms with Crippen LogP contribution in [0.25, 0.3) is 11.5 Å². The van der Waals surface area contributed by atoms with Crippen LogP contribution in [0.4, 0.5) is 0 Å². The topological polar surface area (TPSA) is 63.3 Å². The van der Waals surface area contributed by atoms with Crippen LogP contribution in [0, 0.1) is 0 Å². The monoisotopic (exact) mass is 307 g/mol. The molecule has 114 valence electrons. The maximum absolute atomic E-state index is 11.2. The first-order valence-corrected chi connectivity index (χ1v) is 7.62. The second-order valence-electron chi connectivity index (χ2n) is 7.26. The molecule has 1 N–H and O–H groups in total. The molecule has 0 aliphatic heterocycles. The summed E-state index contributed by atoms with van der Waals surface area (Å²) in [5.41, 5.74) is 1.91. The van der Waals surface area contributed by atoms with Gasteiger partial charge in [0, 0.05) is 16.7 Å². The lowest BCUT2D eigenvalue weighted by Gasteiger charge is -2.27. The molecule has 0 aliphatic rings. The van der Waals surface area contributed by atoms with Crippen molar-refractivity contribution in [3.8, 4) is 17.2 Å². The van der Waals surface area contributed by atoms with Crippen LogP contribution in [0.5, 0.6) is 5.75 Å². The Balaban J connectivity index is 2.77. The van der Waals surface area contributed by atoms with Gasteiger partial charge in [0.15, 0.2) is 0 Å². The highest BCUT2D eigenvalue weighted by atomic mass is 32.1. The van der Waals surface area contributed by atoms with Gasteiger partial charge in [-0.05, 0) is 23.0 Å². The molecule has 0 spiro atoms. The lowest BCUT2D eigenvalue weighted by Crippen LogP contribution is -2.17. The van der Waals surface area contributed by atoms with Gasteiger partial charge in [0.25, 0.3) is 0 Å². The highest BCUT2D eigenvalue weighted by Crippen LogP contribution is 2.41. The van der Waals surface area contributed by atoms with Crippen molar-refractivity contribution in [2.24, 2.45) is 0 Å². The Morgan fingerprint density at radius 2 is 1.52 bits per heavy atom. The zero-order valence-corrected chi connectivity index (χ0v) is 14.1. The van der Waals surface area contributed by atoms with Crippen molar-refractivity contribution in [2.75, 3.05) is 0 Å². The molecule has 0 aliphatic carbocycles. The van der Waals surface area contributed by atoms with E-state index in [0.717, 1.165) is 28.2 Å². The molecule has 1 aromatic carbocycles. The van der Waals surface area contributed by atoms with Crippen LogP contribution in [0.15, 0.2) is 21.3 Å². The molecular weight excluding hydrogens is 286 g/mol. The maximum Gasteiger partial charge on any atom is 0.414 e. The Kier molecular flexibility index (Phi) is 3.74. The van der Waals surface area contributed by atoms with Crippen molar-refractivity contribution in [3.05, 3.63) is 33.0 Å². The average Bonchev–Trinajstić information content (AvgIpc) is 2.73. The third-order valence-electron chi connectivity index (χ3n) is 3.36. The number of hydrogen-bond donors (Lipinski definition) is 1. The van der Waals surface area contributed by atoms with Gasteiger partial charge in [-0.15, -0.1) is 4.37 Å². The molecule has 2 aromatic rings. The molecule has 21 heavy (non-hydrogen) atoms. The molecule has 0 fully saturated rings. The molecule has 0 bridgehead atoms. The van der Waals surface area contributed by atoms with Crippen molar-refractivity contribution >= 4 is 11.5 Å². The van der Waals surface area contributed by atoms with Gasteiger partial charge < -0.3 is 9.52 Å². The molecule has 5 heteroatoms. The Hall–Kier alpha value is -1.62. The molecule has 0 atom stereocenters. The zero-order valence-electron chi connectivity index (χ0n) is 13.3. The third-order valence-corrected chi connectivity index (χ3v) is 3.85. The SMILES string of the molecule is CC(C)(C)c1cc(-c2nsc(=O)o2)cc(C(C)(C)C)c1O. The maximum atomic E-state index is 11.2. The van der Waals surface area contributed by atoms with Gasteiger partial charge in [0.05, 0.1) is 11.5 Å². The van der Waals surface area contributed by atoms with Crippen molar-refractivity contribution in [1.82, 2.24) is 4.37 Å². The fourth-order valence-corrected chi connectivity index (χ4v) is 2.62. The molecule has 0 saturated heterocycles. The minimum absolute atomic E-state index is 0.226. The molecule has 0 radical (unpaired) electrons. The Bertz CT molecular complexity index is 679. The third kappa shape index (κ3) is 3.18. The van der Waals surface area contributed by atoms with Gasteiger partial charge in [0.2, 0.25) is 5.89 Å². The van der Waals surface area contributed by atoms with Gasteiger partial charge in [0.1, 0.15) is 5.75 Å². The number of nitrogens with zero attached hydrogens (tertiary/aromatic N) is 1. The Labute approximate surface area is 128 Å². The van der Waals surface area contributed by atoms with Gasteiger partial charge in [-0.3, -0.25) is 0 Å². The summed E-state index contributed by atoms with van der Waals surface area (Å²) in [4.78, 5) is 10.8. The molecule has 0 unspecified atom stereocenters. The predicted octanol–water partition coefficient (Wildman–Crippen LogP) is 4.06. The van der Waals surface area contributed by atoms with E-state index in [0.29, 0.717) is 11.6 Å². The van der Waals surface area contributed by atoms with E-state index in [1.807, 2.05) is 53.7 Å². The van der Waals surface area contributed by atoms with E-state index in [9.17, 15) is 9.90 Å². The molecule has 4 nitrogen and oxygen atoms in total. The van der Waals surface area contributed by atoms with Gasteiger partial charge in [-0.25, -0.2) is 4.79 Å². The lowest BCUT2D eigenvalue weighted by molar-refractivity contribution is 0.423. The molecule has 0 saturated carbocycles. The molecule has 2 rings (SSSR count). The van der Waals surface area contributed by atoms with E-state index in [1.165, 1.54) is 0 Å². The molecule has 1 aromatic heterocycles. The summed E-state index contributed by atoms with van der Waals surface area (Å²) in [6.07, 6.45) is 0. The Morgan fingerprint density at radius 3 is 1.86 bits per heavy atom. The first-order chi connectivity index (χ1) is 9.50.